The van der Waals surface area contributed by atoms with E-state index in [-0.39, 0.29) is 23.6 Å². The molecule has 10 heteroatoms. The molecule has 1 amide bonds. The Morgan fingerprint density at radius 3 is 2.58 bits per heavy atom. The number of rotatable bonds is 8. The number of carbonyl (C=O) groups excluding carboxylic acids is 2. The summed E-state index contributed by atoms with van der Waals surface area (Å²) in [6, 6.07) is 12.4. The Hall–Kier alpha value is -1.84. The standard InChI is InChI=1S/C23H22Cl2N2O4S2/c1-30-16-5-2-13(3-6-16)11-31-23(29)20-18(12-32-22-19(26)21(28)27(20)22)33-17-7-4-14(9-24)8-15(17)10-25/h2-8,19,22H,9-12,26H2,1H3/t19-,22-/m1/s1. The smallest absolute Gasteiger partial charge is 0.356 e. The van der Waals surface area contributed by atoms with Gasteiger partial charge in [-0.1, -0.05) is 36.0 Å². The van der Waals surface area contributed by atoms with Gasteiger partial charge in [-0.25, -0.2) is 4.79 Å². The first kappa shape index (κ1) is 24.3. The van der Waals surface area contributed by atoms with Gasteiger partial charge in [0, 0.05) is 27.3 Å². The summed E-state index contributed by atoms with van der Waals surface area (Å²) in [5.41, 5.74) is 8.92. The molecule has 6 nitrogen and oxygen atoms in total. The minimum atomic E-state index is -0.618. The number of alkyl halides is 2. The van der Waals surface area contributed by atoms with Crippen LogP contribution in [-0.2, 0) is 32.7 Å². The molecule has 1 fully saturated rings. The summed E-state index contributed by atoms with van der Waals surface area (Å²) < 4.78 is 10.8. The van der Waals surface area contributed by atoms with Crippen LogP contribution in [0.2, 0.25) is 0 Å². The third-order valence-corrected chi connectivity index (χ3v) is 8.64. The zero-order valence-electron chi connectivity index (χ0n) is 17.8. The van der Waals surface area contributed by atoms with Gasteiger partial charge in [0.1, 0.15) is 29.5 Å². The number of thioether (sulfide) groups is 2. The molecule has 0 spiro atoms. The van der Waals surface area contributed by atoms with Crippen molar-refractivity contribution >= 4 is 58.6 Å². The van der Waals surface area contributed by atoms with Gasteiger partial charge in [-0.15, -0.1) is 35.0 Å². The number of β-lactam (4-membered cyclic amide) rings is 1. The van der Waals surface area contributed by atoms with Crippen molar-refractivity contribution in [2.45, 2.75) is 34.7 Å². The minimum Gasteiger partial charge on any atom is -0.497 e. The Bertz CT molecular complexity index is 1090. The van der Waals surface area contributed by atoms with Crippen molar-refractivity contribution in [1.82, 2.24) is 4.90 Å². The molecule has 2 atom stereocenters. The molecule has 2 aliphatic heterocycles. The van der Waals surface area contributed by atoms with E-state index in [0.717, 1.165) is 26.5 Å². The number of fused-ring (bicyclic) bond motifs is 1. The average Bonchev–Trinajstić information content (AvgIpc) is 2.86. The number of hydrogen-bond donors (Lipinski definition) is 1. The molecule has 4 rings (SSSR count). The first-order valence-electron chi connectivity index (χ1n) is 10.1. The predicted molar refractivity (Wildman–Crippen MR) is 132 cm³/mol. The molecule has 0 radical (unpaired) electrons. The van der Waals surface area contributed by atoms with Crippen molar-refractivity contribution in [2.24, 2.45) is 5.73 Å². The Morgan fingerprint density at radius 2 is 1.91 bits per heavy atom. The number of benzene rings is 2. The number of ether oxygens (including phenoxy) is 2. The molecule has 2 aromatic carbocycles. The van der Waals surface area contributed by atoms with Crippen LogP contribution in [-0.4, -0.2) is 41.1 Å². The molecule has 33 heavy (non-hydrogen) atoms. The highest BCUT2D eigenvalue weighted by atomic mass is 35.5. The van der Waals surface area contributed by atoms with Gasteiger partial charge in [0.15, 0.2) is 0 Å². The molecule has 0 saturated carbocycles. The summed E-state index contributed by atoms with van der Waals surface area (Å²) in [4.78, 5) is 28.8. The van der Waals surface area contributed by atoms with Crippen molar-refractivity contribution in [2.75, 3.05) is 12.9 Å². The maximum Gasteiger partial charge on any atom is 0.356 e. The van der Waals surface area contributed by atoms with Crippen molar-refractivity contribution in [3.05, 3.63) is 69.8 Å². The maximum absolute atomic E-state index is 13.2. The fourth-order valence-corrected chi connectivity index (χ4v) is 6.54. The van der Waals surface area contributed by atoms with Crippen LogP contribution in [0.3, 0.4) is 0 Å². The molecule has 174 valence electrons. The van der Waals surface area contributed by atoms with E-state index in [1.165, 1.54) is 28.4 Å². The SMILES string of the molecule is COc1ccc(COC(=O)C2=C(Sc3ccc(CCl)cc3CCl)CS[C@@H]3[C@H](N)C(=O)N23)cc1. The van der Waals surface area contributed by atoms with Gasteiger partial charge < -0.3 is 15.2 Å². The third kappa shape index (κ3) is 5.00. The van der Waals surface area contributed by atoms with Gasteiger partial charge in [-0.05, 0) is 34.9 Å². The van der Waals surface area contributed by atoms with Crippen molar-refractivity contribution in [3.8, 4) is 5.75 Å². The fraction of sp³-hybridized carbons (Fsp3) is 0.304. The van der Waals surface area contributed by atoms with E-state index >= 15 is 0 Å². The van der Waals surface area contributed by atoms with Gasteiger partial charge in [0.05, 0.1) is 7.11 Å². The second-order valence-electron chi connectivity index (χ2n) is 7.44. The second-order valence-corrected chi connectivity index (χ2v) is 10.2. The lowest BCUT2D eigenvalue weighted by molar-refractivity contribution is -0.151. The molecular weight excluding hydrogens is 503 g/mol. The lowest BCUT2D eigenvalue weighted by atomic mass is 10.1. The Morgan fingerprint density at radius 1 is 1.18 bits per heavy atom. The Labute approximate surface area is 210 Å². The molecule has 0 unspecified atom stereocenters. The molecule has 1 saturated heterocycles. The normalized spacial score (nSPS) is 19.8. The number of nitrogens with zero attached hydrogens (tertiary/aromatic N) is 1. The Balaban J connectivity index is 1.60. The predicted octanol–water partition coefficient (Wildman–Crippen LogP) is 4.46. The highest BCUT2D eigenvalue weighted by Crippen LogP contribution is 2.45. The number of methoxy groups -OCH3 is 1. The van der Waals surface area contributed by atoms with E-state index in [9.17, 15) is 9.59 Å². The number of nitrogens with two attached hydrogens (primary N) is 1. The Kier molecular flexibility index (Phi) is 7.81. The molecule has 0 bridgehead atoms. The summed E-state index contributed by atoms with van der Waals surface area (Å²) in [5, 5.41) is -0.267. The molecule has 0 aromatic heterocycles. The second kappa shape index (κ2) is 10.6. The summed E-state index contributed by atoms with van der Waals surface area (Å²) in [7, 11) is 1.59. The van der Waals surface area contributed by atoms with Crippen LogP contribution in [0, 0.1) is 0 Å². The van der Waals surface area contributed by atoms with E-state index in [2.05, 4.69) is 0 Å². The fourth-order valence-electron chi connectivity index (χ4n) is 3.55. The molecule has 2 aliphatic rings. The number of esters is 1. The van der Waals surface area contributed by atoms with Crippen LogP contribution in [0.1, 0.15) is 16.7 Å². The highest BCUT2D eigenvalue weighted by molar-refractivity contribution is 8.06. The number of halogens is 2. The van der Waals surface area contributed by atoms with E-state index in [4.69, 9.17) is 38.4 Å². The summed E-state index contributed by atoms with van der Waals surface area (Å²) >= 11 is 15.1. The maximum atomic E-state index is 13.2. The molecular formula is C23H22Cl2N2O4S2. The van der Waals surface area contributed by atoms with E-state index in [1.807, 2.05) is 30.3 Å². The van der Waals surface area contributed by atoms with E-state index < -0.39 is 12.0 Å². The zero-order valence-corrected chi connectivity index (χ0v) is 20.9. The van der Waals surface area contributed by atoms with Crippen molar-refractivity contribution < 1.29 is 19.1 Å². The summed E-state index contributed by atoms with van der Waals surface area (Å²) in [5.74, 6) is 1.12. The van der Waals surface area contributed by atoms with Crippen LogP contribution in [0.25, 0.3) is 0 Å². The van der Waals surface area contributed by atoms with Gasteiger partial charge >= 0.3 is 5.97 Å². The lowest BCUT2D eigenvalue weighted by Gasteiger charge is -2.48. The first-order chi connectivity index (χ1) is 16.0. The number of hydrogen-bond acceptors (Lipinski definition) is 7. The van der Waals surface area contributed by atoms with Gasteiger partial charge in [0.25, 0.3) is 0 Å². The number of carbonyl (C=O) groups is 2. The van der Waals surface area contributed by atoms with Crippen molar-refractivity contribution in [1.29, 1.82) is 0 Å². The van der Waals surface area contributed by atoms with Crippen LogP contribution < -0.4 is 10.5 Å². The van der Waals surface area contributed by atoms with Gasteiger partial charge in [0.2, 0.25) is 5.91 Å². The van der Waals surface area contributed by atoms with Crippen LogP contribution in [0.4, 0.5) is 0 Å². The van der Waals surface area contributed by atoms with E-state index in [0.29, 0.717) is 23.3 Å². The van der Waals surface area contributed by atoms with E-state index in [1.54, 1.807) is 19.2 Å². The van der Waals surface area contributed by atoms with Crippen molar-refractivity contribution in [3.63, 3.8) is 0 Å². The van der Waals surface area contributed by atoms with Gasteiger partial charge in [-0.3, -0.25) is 9.69 Å². The molecule has 2 heterocycles. The minimum absolute atomic E-state index is 0.0769. The lowest BCUT2D eigenvalue weighted by Crippen LogP contribution is -2.68. The first-order valence-corrected chi connectivity index (χ1v) is 13.0. The largest absolute Gasteiger partial charge is 0.497 e. The summed E-state index contributed by atoms with van der Waals surface area (Å²) in [6.45, 7) is 0.0769. The van der Waals surface area contributed by atoms with Crippen LogP contribution in [0.15, 0.2) is 58.0 Å². The molecule has 2 aromatic rings. The highest BCUT2D eigenvalue weighted by Gasteiger charge is 2.52. The van der Waals surface area contributed by atoms with Crippen LogP contribution in [0.5, 0.6) is 5.75 Å². The quantitative estimate of drug-likeness (QED) is 0.310. The van der Waals surface area contributed by atoms with Crippen LogP contribution >= 0.6 is 46.7 Å². The van der Waals surface area contributed by atoms with Gasteiger partial charge in [-0.2, -0.15) is 0 Å². The summed E-state index contributed by atoms with van der Waals surface area (Å²) in [6.07, 6.45) is 0. The molecule has 2 N–H and O–H groups in total. The topological polar surface area (TPSA) is 81.9 Å². The monoisotopic (exact) mass is 524 g/mol. The molecule has 0 aliphatic carbocycles. The third-order valence-electron chi connectivity index (χ3n) is 5.35. The zero-order chi connectivity index (χ0) is 23.5. The average molecular weight is 525 g/mol. The number of amides is 1.